The van der Waals surface area contributed by atoms with Crippen molar-refractivity contribution in [1.82, 2.24) is 5.43 Å². The summed E-state index contributed by atoms with van der Waals surface area (Å²) in [5.74, 6) is -0.574. The fourth-order valence-electron chi connectivity index (χ4n) is 2.58. The van der Waals surface area contributed by atoms with E-state index in [2.05, 4.69) is 10.5 Å². The Kier molecular flexibility index (Phi) is 6.89. The number of hydrogen-bond acceptors (Lipinski definition) is 7. The SMILES string of the molecule is COc1ccc(C=NNC(=O)C(C)N(c2ccccc2)S(C)(=O)=O)cc1[N+](=O)[O-]. The van der Waals surface area contributed by atoms with E-state index >= 15 is 0 Å². The minimum absolute atomic E-state index is 0.0939. The molecular formula is C18H20N4O6S. The number of hydrazone groups is 1. The predicted molar refractivity (Wildman–Crippen MR) is 109 cm³/mol. The van der Waals surface area contributed by atoms with Crippen molar-refractivity contribution in [1.29, 1.82) is 0 Å². The number of rotatable bonds is 8. The van der Waals surface area contributed by atoms with Gasteiger partial charge in [0.25, 0.3) is 5.91 Å². The molecule has 11 heteroatoms. The number of amides is 1. The molecule has 1 amide bonds. The van der Waals surface area contributed by atoms with E-state index in [0.29, 0.717) is 11.3 Å². The summed E-state index contributed by atoms with van der Waals surface area (Å²) in [5.41, 5.74) is 2.70. The standard InChI is InChI=1S/C18H20N4O6S/c1-13(21(29(3,26)27)15-7-5-4-6-8-15)18(23)20-19-12-14-9-10-17(28-2)16(11-14)22(24)25/h4-13H,1-3H3,(H,20,23). The maximum atomic E-state index is 12.4. The van der Waals surface area contributed by atoms with E-state index in [4.69, 9.17) is 4.74 Å². The first-order valence-electron chi connectivity index (χ1n) is 8.35. The number of hydrogen-bond donors (Lipinski definition) is 1. The third-order valence-corrected chi connectivity index (χ3v) is 5.13. The second-order valence-electron chi connectivity index (χ2n) is 5.99. The highest BCUT2D eigenvalue weighted by molar-refractivity contribution is 7.92. The van der Waals surface area contributed by atoms with Crippen molar-refractivity contribution in [3.05, 3.63) is 64.2 Å². The zero-order valence-electron chi connectivity index (χ0n) is 16.0. The number of nitrogens with zero attached hydrogens (tertiary/aromatic N) is 3. The number of nitro groups is 1. The van der Waals surface area contributed by atoms with E-state index in [1.165, 1.54) is 38.4 Å². The minimum Gasteiger partial charge on any atom is -0.490 e. The maximum absolute atomic E-state index is 12.4. The largest absolute Gasteiger partial charge is 0.490 e. The van der Waals surface area contributed by atoms with Gasteiger partial charge in [-0.1, -0.05) is 18.2 Å². The number of methoxy groups -OCH3 is 1. The van der Waals surface area contributed by atoms with Crippen LogP contribution in [0.5, 0.6) is 5.75 Å². The molecule has 0 bridgehead atoms. The number of nitro benzene ring substituents is 1. The Morgan fingerprint density at radius 3 is 2.48 bits per heavy atom. The zero-order valence-corrected chi connectivity index (χ0v) is 16.8. The molecule has 10 nitrogen and oxygen atoms in total. The van der Waals surface area contributed by atoms with Crippen LogP contribution in [0.4, 0.5) is 11.4 Å². The van der Waals surface area contributed by atoms with Crippen LogP contribution in [0.2, 0.25) is 0 Å². The van der Waals surface area contributed by atoms with Crippen molar-refractivity contribution in [2.24, 2.45) is 5.10 Å². The number of para-hydroxylation sites is 1. The molecule has 0 aliphatic rings. The molecule has 0 aliphatic heterocycles. The molecule has 2 rings (SSSR count). The van der Waals surface area contributed by atoms with E-state index in [0.717, 1.165) is 10.6 Å². The second kappa shape index (κ2) is 9.15. The molecule has 0 spiro atoms. The van der Waals surface area contributed by atoms with Crippen molar-refractivity contribution in [2.75, 3.05) is 17.7 Å². The first-order valence-corrected chi connectivity index (χ1v) is 10.2. The molecule has 0 heterocycles. The molecule has 0 fully saturated rings. The highest BCUT2D eigenvalue weighted by Crippen LogP contribution is 2.26. The van der Waals surface area contributed by atoms with Crippen LogP contribution in [0.15, 0.2) is 53.6 Å². The van der Waals surface area contributed by atoms with E-state index in [-0.39, 0.29) is 11.4 Å². The van der Waals surface area contributed by atoms with Gasteiger partial charge in [0, 0.05) is 11.6 Å². The summed E-state index contributed by atoms with van der Waals surface area (Å²) in [6.07, 6.45) is 2.22. The normalized spacial score (nSPS) is 12.4. The van der Waals surface area contributed by atoms with Crippen LogP contribution in [0.1, 0.15) is 12.5 Å². The first kappa shape index (κ1) is 21.8. The molecule has 0 aromatic heterocycles. The molecule has 0 radical (unpaired) electrons. The molecule has 2 aromatic rings. The Balaban J connectivity index is 2.17. The van der Waals surface area contributed by atoms with Crippen LogP contribution in [0, 0.1) is 10.1 Å². The monoisotopic (exact) mass is 420 g/mol. The summed E-state index contributed by atoms with van der Waals surface area (Å²) >= 11 is 0. The molecule has 2 aromatic carbocycles. The summed E-state index contributed by atoms with van der Waals surface area (Å²) in [7, 11) is -2.41. The Hall–Kier alpha value is -3.47. The number of carbonyl (C=O) groups excluding carboxylic acids is 1. The summed E-state index contributed by atoms with van der Waals surface area (Å²) in [6, 6.07) is 11.3. The predicted octanol–water partition coefficient (Wildman–Crippen LogP) is 1.91. The van der Waals surface area contributed by atoms with Gasteiger partial charge in [-0.3, -0.25) is 19.2 Å². The van der Waals surface area contributed by atoms with E-state index in [1.807, 2.05) is 0 Å². The van der Waals surface area contributed by atoms with Gasteiger partial charge in [0.15, 0.2) is 5.75 Å². The number of anilines is 1. The number of nitrogens with one attached hydrogen (secondary N) is 1. The van der Waals surface area contributed by atoms with Crippen molar-refractivity contribution in [3.63, 3.8) is 0 Å². The van der Waals surface area contributed by atoms with Crippen LogP contribution in [-0.4, -0.2) is 44.9 Å². The third-order valence-electron chi connectivity index (χ3n) is 3.89. The zero-order chi connectivity index (χ0) is 21.6. The molecule has 0 saturated heterocycles. The topological polar surface area (TPSA) is 131 Å². The highest BCUT2D eigenvalue weighted by atomic mass is 32.2. The van der Waals surface area contributed by atoms with Gasteiger partial charge in [-0.25, -0.2) is 13.8 Å². The summed E-state index contributed by atoms with van der Waals surface area (Å²) < 4.78 is 30.2. The first-order chi connectivity index (χ1) is 13.6. The van der Waals surface area contributed by atoms with E-state index < -0.39 is 26.9 Å². The molecule has 1 atom stereocenters. The lowest BCUT2D eigenvalue weighted by molar-refractivity contribution is -0.385. The van der Waals surface area contributed by atoms with Gasteiger partial charge in [0.1, 0.15) is 6.04 Å². The molecule has 0 saturated carbocycles. The smallest absolute Gasteiger partial charge is 0.311 e. The maximum Gasteiger partial charge on any atom is 0.311 e. The van der Waals surface area contributed by atoms with Crippen LogP contribution in [0.25, 0.3) is 0 Å². The number of ether oxygens (including phenoxy) is 1. The van der Waals surface area contributed by atoms with Crippen molar-refractivity contribution in [3.8, 4) is 5.75 Å². The molecule has 0 aliphatic carbocycles. The Labute approximate surface area is 168 Å². The van der Waals surface area contributed by atoms with Gasteiger partial charge in [0.05, 0.1) is 30.2 Å². The van der Waals surface area contributed by atoms with Crippen LogP contribution < -0.4 is 14.5 Å². The van der Waals surface area contributed by atoms with E-state index in [1.54, 1.807) is 30.3 Å². The molecule has 1 unspecified atom stereocenters. The van der Waals surface area contributed by atoms with Crippen LogP contribution in [0.3, 0.4) is 0 Å². The van der Waals surface area contributed by atoms with Crippen LogP contribution in [-0.2, 0) is 14.8 Å². The van der Waals surface area contributed by atoms with Crippen molar-refractivity contribution in [2.45, 2.75) is 13.0 Å². The Morgan fingerprint density at radius 1 is 1.28 bits per heavy atom. The summed E-state index contributed by atoms with van der Waals surface area (Å²) in [6.45, 7) is 1.43. The highest BCUT2D eigenvalue weighted by Gasteiger charge is 2.28. The molecular weight excluding hydrogens is 400 g/mol. The Morgan fingerprint density at radius 2 is 1.93 bits per heavy atom. The lowest BCUT2D eigenvalue weighted by Crippen LogP contribution is -2.46. The minimum atomic E-state index is -3.73. The quantitative estimate of drug-likeness (QED) is 0.394. The average molecular weight is 420 g/mol. The molecule has 29 heavy (non-hydrogen) atoms. The molecule has 1 N–H and O–H groups in total. The fourth-order valence-corrected chi connectivity index (χ4v) is 3.75. The summed E-state index contributed by atoms with van der Waals surface area (Å²) in [4.78, 5) is 22.9. The lowest BCUT2D eigenvalue weighted by Gasteiger charge is -2.27. The van der Waals surface area contributed by atoms with Gasteiger partial charge in [0.2, 0.25) is 10.0 Å². The van der Waals surface area contributed by atoms with Gasteiger partial charge in [-0.2, -0.15) is 5.10 Å². The number of carbonyl (C=O) groups is 1. The molecule has 154 valence electrons. The van der Waals surface area contributed by atoms with Crippen molar-refractivity contribution < 1.29 is 22.9 Å². The van der Waals surface area contributed by atoms with Gasteiger partial charge in [-0.15, -0.1) is 0 Å². The fraction of sp³-hybridized carbons (Fsp3) is 0.222. The van der Waals surface area contributed by atoms with Crippen LogP contribution >= 0.6 is 0 Å². The van der Waals surface area contributed by atoms with Gasteiger partial charge >= 0.3 is 5.69 Å². The van der Waals surface area contributed by atoms with Crippen molar-refractivity contribution >= 4 is 33.5 Å². The van der Waals surface area contributed by atoms with E-state index in [9.17, 15) is 23.3 Å². The lowest BCUT2D eigenvalue weighted by atomic mass is 10.2. The second-order valence-corrected chi connectivity index (χ2v) is 7.85. The average Bonchev–Trinajstić information content (AvgIpc) is 2.67. The summed E-state index contributed by atoms with van der Waals surface area (Å²) in [5, 5.41) is 14.8. The Bertz CT molecular complexity index is 1020. The van der Waals surface area contributed by atoms with Gasteiger partial charge < -0.3 is 4.74 Å². The number of benzene rings is 2. The van der Waals surface area contributed by atoms with Gasteiger partial charge in [-0.05, 0) is 31.2 Å². The number of sulfonamides is 1. The third kappa shape index (κ3) is 5.51.